The Kier molecular flexibility index (Phi) is 5.46. The van der Waals surface area contributed by atoms with Crippen LogP contribution in [0.3, 0.4) is 0 Å². The number of unbranched alkanes of at least 4 members (excludes halogenated alkanes) is 2. The SMILES string of the molecule is Cc1ccc(F)cc1NCCCCCC(=O)O. The Labute approximate surface area is 101 Å². The van der Waals surface area contributed by atoms with Gasteiger partial charge in [-0.1, -0.05) is 12.5 Å². The third-order valence-electron chi connectivity index (χ3n) is 2.58. The number of halogens is 1. The molecular weight excluding hydrogens is 221 g/mol. The van der Waals surface area contributed by atoms with Crippen molar-refractivity contribution < 1.29 is 14.3 Å². The number of carboxylic acids is 1. The van der Waals surface area contributed by atoms with Gasteiger partial charge in [0.05, 0.1) is 0 Å². The second kappa shape index (κ2) is 6.89. The quantitative estimate of drug-likeness (QED) is 0.718. The van der Waals surface area contributed by atoms with Crippen molar-refractivity contribution in [1.82, 2.24) is 0 Å². The number of carboxylic acid groups (broad SMARTS) is 1. The van der Waals surface area contributed by atoms with Crippen molar-refractivity contribution in [1.29, 1.82) is 0 Å². The summed E-state index contributed by atoms with van der Waals surface area (Å²) in [5.41, 5.74) is 1.82. The average Bonchev–Trinajstić information content (AvgIpc) is 2.27. The molecule has 1 aromatic rings. The van der Waals surface area contributed by atoms with Crippen LogP contribution in [0.15, 0.2) is 18.2 Å². The molecule has 0 spiro atoms. The summed E-state index contributed by atoms with van der Waals surface area (Å²) >= 11 is 0. The number of aliphatic carboxylic acids is 1. The Morgan fingerprint density at radius 3 is 2.82 bits per heavy atom. The van der Waals surface area contributed by atoms with E-state index in [1.54, 1.807) is 6.07 Å². The summed E-state index contributed by atoms with van der Waals surface area (Å²) in [5.74, 6) is -0.997. The molecule has 0 radical (unpaired) electrons. The van der Waals surface area contributed by atoms with Gasteiger partial charge in [-0.05, 0) is 37.5 Å². The van der Waals surface area contributed by atoms with Gasteiger partial charge in [0.15, 0.2) is 0 Å². The predicted molar refractivity (Wildman–Crippen MR) is 65.7 cm³/mol. The van der Waals surface area contributed by atoms with E-state index >= 15 is 0 Å². The first-order chi connectivity index (χ1) is 8.09. The molecule has 3 nitrogen and oxygen atoms in total. The smallest absolute Gasteiger partial charge is 0.303 e. The third kappa shape index (κ3) is 5.33. The van der Waals surface area contributed by atoms with Gasteiger partial charge in [-0.3, -0.25) is 4.79 Å². The van der Waals surface area contributed by atoms with Crippen LogP contribution in [0.4, 0.5) is 10.1 Å². The van der Waals surface area contributed by atoms with E-state index in [0.717, 1.165) is 30.6 Å². The number of aryl methyl sites for hydroxylation is 1. The van der Waals surface area contributed by atoms with Crippen molar-refractivity contribution in [3.05, 3.63) is 29.6 Å². The Hall–Kier alpha value is -1.58. The Bertz CT molecular complexity index is 380. The number of carbonyl (C=O) groups is 1. The maximum Gasteiger partial charge on any atom is 0.303 e. The zero-order valence-corrected chi connectivity index (χ0v) is 10.0. The fourth-order valence-corrected chi connectivity index (χ4v) is 1.59. The van der Waals surface area contributed by atoms with Crippen LogP contribution in [0.5, 0.6) is 0 Å². The van der Waals surface area contributed by atoms with Gasteiger partial charge in [-0.25, -0.2) is 4.39 Å². The summed E-state index contributed by atoms with van der Waals surface area (Å²) in [4.78, 5) is 10.3. The highest BCUT2D eigenvalue weighted by atomic mass is 19.1. The minimum Gasteiger partial charge on any atom is -0.481 e. The number of hydrogen-bond acceptors (Lipinski definition) is 2. The lowest BCUT2D eigenvalue weighted by atomic mass is 10.1. The topological polar surface area (TPSA) is 49.3 Å². The molecule has 0 unspecified atom stereocenters. The van der Waals surface area contributed by atoms with Gasteiger partial charge < -0.3 is 10.4 Å². The van der Waals surface area contributed by atoms with Gasteiger partial charge >= 0.3 is 5.97 Å². The predicted octanol–water partition coefficient (Wildman–Crippen LogP) is 3.19. The van der Waals surface area contributed by atoms with E-state index in [1.165, 1.54) is 12.1 Å². The van der Waals surface area contributed by atoms with Gasteiger partial charge in [0.2, 0.25) is 0 Å². The number of nitrogens with one attached hydrogen (secondary N) is 1. The average molecular weight is 239 g/mol. The van der Waals surface area contributed by atoms with Crippen molar-refractivity contribution in [2.45, 2.75) is 32.6 Å². The monoisotopic (exact) mass is 239 g/mol. The van der Waals surface area contributed by atoms with Crippen molar-refractivity contribution in [3.8, 4) is 0 Å². The second-order valence-electron chi connectivity index (χ2n) is 4.09. The normalized spacial score (nSPS) is 10.2. The first kappa shape index (κ1) is 13.5. The molecule has 94 valence electrons. The number of benzene rings is 1. The molecule has 1 aromatic carbocycles. The summed E-state index contributed by atoms with van der Waals surface area (Å²) in [5, 5.41) is 11.6. The largest absolute Gasteiger partial charge is 0.481 e. The van der Waals surface area contributed by atoms with Crippen LogP contribution in [0.1, 0.15) is 31.2 Å². The molecule has 0 saturated carbocycles. The van der Waals surface area contributed by atoms with E-state index in [-0.39, 0.29) is 12.2 Å². The van der Waals surface area contributed by atoms with Gasteiger partial charge in [-0.15, -0.1) is 0 Å². The fraction of sp³-hybridized carbons (Fsp3) is 0.462. The maximum absolute atomic E-state index is 13.0. The minimum absolute atomic E-state index is 0.221. The molecule has 0 amide bonds. The van der Waals surface area contributed by atoms with Crippen molar-refractivity contribution >= 4 is 11.7 Å². The zero-order chi connectivity index (χ0) is 12.7. The van der Waals surface area contributed by atoms with E-state index in [0.29, 0.717) is 6.42 Å². The third-order valence-corrected chi connectivity index (χ3v) is 2.58. The summed E-state index contributed by atoms with van der Waals surface area (Å²) in [6.45, 7) is 2.66. The highest BCUT2D eigenvalue weighted by Crippen LogP contribution is 2.16. The molecule has 0 aliphatic rings. The van der Waals surface area contributed by atoms with E-state index in [4.69, 9.17) is 5.11 Å². The molecule has 17 heavy (non-hydrogen) atoms. The first-order valence-corrected chi connectivity index (χ1v) is 5.81. The molecule has 0 aromatic heterocycles. The lowest BCUT2D eigenvalue weighted by Crippen LogP contribution is -2.04. The Morgan fingerprint density at radius 2 is 2.12 bits per heavy atom. The Morgan fingerprint density at radius 1 is 1.35 bits per heavy atom. The van der Waals surface area contributed by atoms with E-state index in [2.05, 4.69) is 5.32 Å². The highest BCUT2D eigenvalue weighted by Gasteiger charge is 2.00. The molecule has 0 aliphatic heterocycles. The molecule has 0 heterocycles. The summed E-state index contributed by atoms with van der Waals surface area (Å²) in [6, 6.07) is 4.65. The first-order valence-electron chi connectivity index (χ1n) is 5.81. The number of rotatable bonds is 7. The van der Waals surface area contributed by atoms with E-state index < -0.39 is 5.97 Å². The van der Waals surface area contributed by atoms with Gasteiger partial charge in [0.1, 0.15) is 5.82 Å². The van der Waals surface area contributed by atoms with E-state index in [1.807, 2.05) is 6.92 Å². The van der Waals surface area contributed by atoms with Crippen molar-refractivity contribution in [2.75, 3.05) is 11.9 Å². The second-order valence-corrected chi connectivity index (χ2v) is 4.09. The van der Waals surface area contributed by atoms with E-state index in [9.17, 15) is 9.18 Å². The molecule has 0 saturated heterocycles. The molecule has 0 fully saturated rings. The van der Waals surface area contributed by atoms with Crippen LogP contribution in [0, 0.1) is 12.7 Å². The standard InChI is InChI=1S/C13H18FNO2/c1-10-6-7-11(14)9-12(10)15-8-4-2-3-5-13(16)17/h6-7,9,15H,2-5,8H2,1H3,(H,16,17). The molecular formula is C13H18FNO2. The van der Waals surface area contributed by atoms with Gasteiger partial charge in [0, 0.05) is 18.7 Å². The number of hydrogen-bond donors (Lipinski definition) is 2. The van der Waals surface area contributed by atoms with Crippen LogP contribution in [0.2, 0.25) is 0 Å². The summed E-state index contributed by atoms with van der Waals surface area (Å²) in [6.07, 6.45) is 2.68. The zero-order valence-electron chi connectivity index (χ0n) is 10.0. The highest BCUT2D eigenvalue weighted by molar-refractivity contribution is 5.66. The van der Waals surface area contributed by atoms with Crippen LogP contribution < -0.4 is 5.32 Å². The molecule has 1 rings (SSSR count). The minimum atomic E-state index is -0.751. The lowest BCUT2D eigenvalue weighted by molar-refractivity contribution is -0.137. The van der Waals surface area contributed by atoms with Crippen LogP contribution in [0.25, 0.3) is 0 Å². The Balaban J connectivity index is 2.22. The van der Waals surface area contributed by atoms with Gasteiger partial charge in [0.25, 0.3) is 0 Å². The van der Waals surface area contributed by atoms with Crippen LogP contribution in [-0.4, -0.2) is 17.6 Å². The number of anilines is 1. The van der Waals surface area contributed by atoms with Crippen molar-refractivity contribution in [3.63, 3.8) is 0 Å². The fourth-order valence-electron chi connectivity index (χ4n) is 1.59. The summed E-state index contributed by atoms with van der Waals surface area (Å²) < 4.78 is 13.0. The maximum atomic E-state index is 13.0. The molecule has 0 atom stereocenters. The molecule has 4 heteroatoms. The van der Waals surface area contributed by atoms with Crippen LogP contribution >= 0.6 is 0 Å². The molecule has 0 aliphatic carbocycles. The van der Waals surface area contributed by atoms with Gasteiger partial charge in [-0.2, -0.15) is 0 Å². The summed E-state index contributed by atoms with van der Waals surface area (Å²) in [7, 11) is 0. The molecule has 2 N–H and O–H groups in total. The van der Waals surface area contributed by atoms with Crippen LogP contribution in [-0.2, 0) is 4.79 Å². The van der Waals surface area contributed by atoms with Crippen molar-refractivity contribution in [2.24, 2.45) is 0 Å². The molecule has 0 bridgehead atoms. The lowest BCUT2D eigenvalue weighted by Gasteiger charge is -2.09.